The number of nitrogens with zero attached hydrogens (tertiary/aromatic N) is 3. The molecule has 0 unspecified atom stereocenters. The van der Waals surface area contributed by atoms with Crippen LogP contribution < -0.4 is 11.2 Å². The van der Waals surface area contributed by atoms with Crippen LogP contribution in [0.2, 0.25) is 0 Å². The van der Waals surface area contributed by atoms with E-state index in [9.17, 15) is 9.59 Å². The lowest BCUT2D eigenvalue weighted by molar-refractivity contribution is -0.118. The lowest BCUT2D eigenvalue weighted by Crippen LogP contribution is -2.21. The van der Waals surface area contributed by atoms with Crippen molar-refractivity contribution in [3.05, 3.63) is 40.2 Å². The van der Waals surface area contributed by atoms with Gasteiger partial charge in [0.15, 0.2) is 0 Å². The second kappa shape index (κ2) is 4.19. The predicted molar refractivity (Wildman–Crippen MR) is 76.4 cm³/mol. The van der Waals surface area contributed by atoms with Crippen LogP contribution in [0.5, 0.6) is 0 Å². The Balaban J connectivity index is 2.57. The molecule has 0 bridgehead atoms. The minimum Gasteiger partial charge on any atom is -0.368 e. The maximum absolute atomic E-state index is 12.6. The first-order valence-electron chi connectivity index (χ1n) is 6.22. The van der Waals surface area contributed by atoms with Crippen LogP contribution in [0.3, 0.4) is 0 Å². The van der Waals surface area contributed by atoms with Crippen molar-refractivity contribution in [1.82, 2.24) is 14.3 Å². The summed E-state index contributed by atoms with van der Waals surface area (Å²) in [5, 5.41) is 4.69. The van der Waals surface area contributed by atoms with Gasteiger partial charge < -0.3 is 10.3 Å². The van der Waals surface area contributed by atoms with Gasteiger partial charge in [0, 0.05) is 12.4 Å². The van der Waals surface area contributed by atoms with E-state index in [1.807, 2.05) is 25.1 Å². The van der Waals surface area contributed by atoms with Gasteiger partial charge in [0.2, 0.25) is 11.3 Å². The summed E-state index contributed by atoms with van der Waals surface area (Å²) in [6.07, 6.45) is 1.58. The SMILES string of the molecule is Cc1ccc2c(c1)c(=O)c1c(cnn1C)n2CC(N)=O. The van der Waals surface area contributed by atoms with Gasteiger partial charge >= 0.3 is 0 Å². The van der Waals surface area contributed by atoms with E-state index in [-0.39, 0.29) is 12.0 Å². The molecular weight excluding hydrogens is 256 g/mol. The fraction of sp³-hybridized carbons (Fsp3) is 0.214. The minimum absolute atomic E-state index is 0.0159. The Morgan fingerprint density at radius 3 is 2.80 bits per heavy atom. The standard InChI is InChI=1S/C14H14N4O2/c1-8-3-4-10-9(5-8)14(20)13-11(6-16-17(13)2)18(10)7-12(15)19/h3-6H,7H2,1-2H3,(H2,15,19). The molecule has 2 heterocycles. The Bertz CT molecular complexity index is 905. The van der Waals surface area contributed by atoms with E-state index < -0.39 is 5.91 Å². The van der Waals surface area contributed by atoms with Crippen molar-refractivity contribution in [1.29, 1.82) is 0 Å². The number of hydrogen-bond acceptors (Lipinski definition) is 3. The van der Waals surface area contributed by atoms with Crippen LogP contribution >= 0.6 is 0 Å². The maximum Gasteiger partial charge on any atom is 0.237 e. The number of aryl methyl sites for hydroxylation is 2. The number of pyridine rings is 1. The molecule has 0 radical (unpaired) electrons. The minimum atomic E-state index is -0.458. The van der Waals surface area contributed by atoms with Gasteiger partial charge in [-0.15, -0.1) is 0 Å². The number of rotatable bonds is 2. The van der Waals surface area contributed by atoms with Gasteiger partial charge in [-0.2, -0.15) is 5.10 Å². The third-order valence-electron chi connectivity index (χ3n) is 3.43. The van der Waals surface area contributed by atoms with Crippen LogP contribution in [0.25, 0.3) is 21.9 Å². The van der Waals surface area contributed by atoms with Crippen LogP contribution in [-0.4, -0.2) is 20.3 Å². The predicted octanol–water partition coefficient (Wildman–Crippen LogP) is 0.682. The Morgan fingerprint density at radius 1 is 1.35 bits per heavy atom. The summed E-state index contributed by atoms with van der Waals surface area (Å²) < 4.78 is 3.26. The normalized spacial score (nSPS) is 11.3. The van der Waals surface area contributed by atoms with Crippen molar-refractivity contribution < 1.29 is 4.79 Å². The molecule has 1 aromatic carbocycles. The number of carbonyl (C=O) groups is 1. The highest BCUT2D eigenvalue weighted by molar-refractivity contribution is 5.93. The highest BCUT2D eigenvalue weighted by Gasteiger charge is 2.15. The first-order valence-corrected chi connectivity index (χ1v) is 6.22. The van der Waals surface area contributed by atoms with E-state index in [1.54, 1.807) is 17.8 Å². The number of benzene rings is 1. The molecule has 0 spiro atoms. The Labute approximate surface area is 114 Å². The zero-order valence-corrected chi connectivity index (χ0v) is 11.3. The molecule has 0 aliphatic heterocycles. The highest BCUT2D eigenvalue weighted by Crippen LogP contribution is 2.19. The number of carbonyl (C=O) groups excluding carboxylic acids is 1. The van der Waals surface area contributed by atoms with Gasteiger partial charge in [-0.05, 0) is 19.1 Å². The summed E-state index contributed by atoms with van der Waals surface area (Å²) in [7, 11) is 1.71. The highest BCUT2D eigenvalue weighted by atomic mass is 16.1. The molecule has 0 atom stereocenters. The molecule has 2 aromatic heterocycles. The molecule has 0 aliphatic carbocycles. The summed E-state index contributed by atoms with van der Waals surface area (Å²) in [4.78, 5) is 23.9. The second-order valence-corrected chi connectivity index (χ2v) is 4.90. The van der Waals surface area contributed by atoms with E-state index in [0.29, 0.717) is 21.9 Å². The van der Waals surface area contributed by atoms with E-state index in [0.717, 1.165) is 5.56 Å². The Kier molecular flexibility index (Phi) is 2.60. The summed E-state index contributed by atoms with van der Waals surface area (Å²) in [6.45, 7) is 1.94. The molecule has 0 fully saturated rings. The van der Waals surface area contributed by atoms with Gasteiger partial charge in [0.1, 0.15) is 12.1 Å². The zero-order valence-electron chi connectivity index (χ0n) is 11.3. The summed E-state index contributed by atoms with van der Waals surface area (Å²) in [6, 6.07) is 5.56. The van der Waals surface area contributed by atoms with E-state index in [1.165, 1.54) is 4.68 Å². The molecular formula is C14H14N4O2. The molecule has 0 saturated heterocycles. The van der Waals surface area contributed by atoms with Gasteiger partial charge in [-0.3, -0.25) is 14.3 Å². The Hall–Kier alpha value is -2.63. The number of amides is 1. The molecule has 3 rings (SSSR count). The lowest BCUT2D eigenvalue weighted by Gasteiger charge is -2.11. The van der Waals surface area contributed by atoms with Crippen molar-refractivity contribution in [2.75, 3.05) is 0 Å². The van der Waals surface area contributed by atoms with Crippen LogP contribution in [-0.2, 0) is 18.4 Å². The van der Waals surface area contributed by atoms with Crippen LogP contribution in [0.15, 0.2) is 29.2 Å². The van der Waals surface area contributed by atoms with Crippen molar-refractivity contribution >= 4 is 27.8 Å². The smallest absolute Gasteiger partial charge is 0.237 e. The third kappa shape index (κ3) is 1.69. The topological polar surface area (TPSA) is 82.9 Å². The first kappa shape index (κ1) is 12.4. The van der Waals surface area contributed by atoms with Gasteiger partial charge in [0.25, 0.3) is 0 Å². The zero-order chi connectivity index (χ0) is 14.4. The number of hydrogen-bond donors (Lipinski definition) is 1. The van der Waals surface area contributed by atoms with Crippen molar-refractivity contribution in [3.63, 3.8) is 0 Å². The van der Waals surface area contributed by atoms with E-state index >= 15 is 0 Å². The summed E-state index contributed by atoms with van der Waals surface area (Å²) in [5.74, 6) is -0.458. The molecule has 102 valence electrons. The fourth-order valence-corrected chi connectivity index (χ4v) is 2.54. The average molecular weight is 270 g/mol. The molecule has 2 N–H and O–H groups in total. The summed E-state index contributed by atoms with van der Waals surface area (Å²) >= 11 is 0. The quantitative estimate of drug-likeness (QED) is 0.743. The fourth-order valence-electron chi connectivity index (χ4n) is 2.54. The van der Waals surface area contributed by atoms with Crippen molar-refractivity contribution in [2.24, 2.45) is 12.8 Å². The number of primary amides is 1. The Morgan fingerprint density at radius 2 is 2.10 bits per heavy atom. The van der Waals surface area contributed by atoms with Gasteiger partial charge in [0.05, 0.1) is 17.2 Å². The molecule has 0 saturated carbocycles. The van der Waals surface area contributed by atoms with Crippen LogP contribution in [0, 0.1) is 6.92 Å². The monoisotopic (exact) mass is 270 g/mol. The van der Waals surface area contributed by atoms with Crippen LogP contribution in [0.4, 0.5) is 0 Å². The molecule has 6 heteroatoms. The molecule has 1 amide bonds. The first-order chi connectivity index (χ1) is 9.49. The summed E-state index contributed by atoms with van der Waals surface area (Å²) in [5.41, 5.74) is 8.01. The van der Waals surface area contributed by atoms with Crippen LogP contribution in [0.1, 0.15) is 5.56 Å². The van der Waals surface area contributed by atoms with Crippen molar-refractivity contribution in [3.8, 4) is 0 Å². The molecule has 6 nitrogen and oxygen atoms in total. The molecule has 3 aromatic rings. The molecule has 0 aliphatic rings. The lowest BCUT2D eigenvalue weighted by atomic mass is 10.1. The second-order valence-electron chi connectivity index (χ2n) is 4.90. The average Bonchev–Trinajstić information content (AvgIpc) is 2.76. The van der Waals surface area contributed by atoms with E-state index in [4.69, 9.17) is 5.73 Å². The number of aromatic nitrogens is 3. The number of fused-ring (bicyclic) bond motifs is 2. The van der Waals surface area contributed by atoms with Gasteiger partial charge in [-0.1, -0.05) is 11.6 Å². The van der Waals surface area contributed by atoms with Gasteiger partial charge in [-0.25, -0.2) is 0 Å². The maximum atomic E-state index is 12.6. The number of nitrogens with two attached hydrogens (primary N) is 1. The third-order valence-corrected chi connectivity index (χ3v) is 3.43. The largest absolute Gasteiger partial charge is 0.368 e. The van der Waals surface area contributed by atoms with Crippen molar-refractivity contribution in [2.45, 2.75) is 13.5 Å². The van der Waals surface area contributed by atoms with E-state index in [2.05, 4.69) is 5.10 Å². The molecule has 20 heavy (non-hydrogen) atoms.